The number of piperazine rings is 1. The summed E-state index contributed by atoms with van der Waals surface area (Å²) in [5.41, 5.74) is 9.94. The summed E-state index contributed by atoms with van der Waals surface area (Å²) in [6.45, 7) is 13.2. The van der Waals surface area contributed by atoms with Crippen LogP contribution in [-0.2, 0) is 26.8 Å². The lowest BCUT2D eigenvalue weighted by Gasteiger charge is -2.46. The van der Waals surface area contributed by atoms with Crippen LogP contribution in [0.2, 0.25) is 0 Å². The topological polar surface area (TPSA) is 187 Å². The van der Waals surface area contributed by atoms with Crippen LogP contribution in [0, 0.1) is 5.92 Å². The summed E-state index contributed by atoms with van der Waals surface area (Å²) in [5, 5.41) is 23.0. The van der Waals surface area contributed by atoms with Crippen molar-refractivity contribution in [1.29, 1.82) is 0 Å². The summed E-state index contributed by atoms with van der Waals surface area (Å²) in [4.78, 5) is 45.0. The van der Waals surface area contributed by atoms with Crippen LogP contribution < -0.4 is 26.6 Å². The monoisotopic (exact) mass is 884 g/mol. The van der Waals surface area contributed by atoms with Gasteiger partial charge in [0.1, 0.15) is 12.1 Å². The van der Waals surface area contributed by atoms with E-state index in [2.05, 4.69) is 108 Å². The first-order valence-electron chi connectivity index (χ1n) is 22.9. The van der Waals surface area contributed by atoms with E-state index in [-0.39, 0.29) is 23.4 Å². The predicted molar refractivity (Wildman–Crippen MR) is 254 cm³/mol. The Morgan fingerprint density at radius 1 is 1.00 bits per heavy atom. The molecular weight excluding hydrogens is 815 g/mol. The van der Waals surface area contributed by atoms with E-state index in [1.165, 1.54) is 78.7 Å². The summed E-state index contributed by atoms with van der Waals surface area (Å²) in [6.07, 6.45) is 15.2. The van der Waals surface area contributed by atoms with Gasteiger partial charge in [-0.15, -0.1) is 0 Å². The number of aldehydes is 1. The summed E-state index contributed by atoms with van der Waals surface area (Å²) < 4.78 is 4.53. The molecular formula is C47H69N11O4S. The number of nitrogens with one attached hydrogen (secondary N) is 3. The number of anilines is 4. The second kappa shape index (κ2) is 22.7. The molecule has 2 aromatic carbocycles. The van der Waals surface area contributed by atoms with Crippen molar-refractivity contribution in [3.05, 3.63) is 59.8 Å². The van der Waals surface area contributed by atoms with Gasteiger partial charge in [-0.1, -0.05) is 51.7 Å². The maximum Gasteiger partial charge on any atom is 0.236 e. The number of amides is 2. The van der Waals surface area contributed by atoms with E-state index < -0.39 is 0 Å². The van der Waals surface area contributed by atoms with E-state index in [9.17, 15) is 14.4 Å². The first-order valence-corrected chi connectivity index (χ1v) is 23.7. The first kappa shape index (κ1) is 47.7. The highest BCUT2D eigenvalue weighted by Gasteiger charge is 2.57. The van der Waals surface area contributed by atoms with Crippen LogP contribution in [0.4, 0.5) is 23.3 Å². The zero-order chi connectivity index (χ0) is 44.9. The second-order valence-corrected chi connectivity index (χ2v) is 18.8. The van der Waals surface area contributed by atoms with Gasteiger partial charge in [-0.05, 0) is 99.2 Å². The normalized spacial score (nSPS) is 20.0. The van der Waals surface area contributed by atoms with Crippen LogP contribution >= 0.6 is 11.9 Å². The third-order valence-electron chi connectivity index (χ3n) is 12.9. The van der Waals surface area contributed by atoms with Crippen LogP contribution in [0.3, 0.4) is 0 Å². The molecule has 4 fully saturated rings. The van der Waals surface area contributed by atoms with E-state index in [4.69, 9.17) is 10.8 Å². The molecule has 2 atom stereocenters. The number of aliphatic hydroxyl groups excluding tert-OH is 1. The van der Waals surface area contributed by atoms with Crippen LogP contribution in [0.5, 0.6) is 0 Å². The van der Waals surface area contributed by atoms with E-state index >= 15 is 0 Å². The van der Waals surface area contributed by atoms with E-state index in [0.717, 1.165) is 63.0 Å². The van der Waals surface area contributed by atoms with Crippen LogP contribution in [-0.4, -0.2) is 111 Å². The number of rotatable bonds is 11. The average molecular weight is 884 g/mol. The molecule has 0 radical (unpaired) electrons. The van der Waals surface area contributed by atoms with Crippen molar-refractivity contribution in [2.75, 3.05) is 67.6 Å². The van der Waals surface area contributed by atoms with E-state index in [1.54, 1.807) is 6.20 Å². The lowest BCUT2D eigenvalue weighted by atomic mass is 9.96. The Morgan fingerprint density at radius 3 is 2.40 bits per heavy atom. The molecule has 2 aliphatic carbocycles. The SMILES string of the molecule is CNc1nn(C)c2cc(N3CCN(C(C)c4cccc(SN5CCCCC5)c4)CC3C(C)C)ccc12.Nc1ncc2c(n1)NC(=O)C21CC1.O=CCCNC=O.OC1CCCCC1. The van der Waals surface area contributed by atoms with Crippen LogP contribution in [0.1, 0.15) is 109 Å². The molecule has 5 aliphatic rings. The summed E-state index contributed by atoms with van der Waals surface area (Å²) in [7, 11) is 3.97. The molecule has 16 heteroatoms. The molecule has 0 bridgehead atoms. The van der Waals surface area contributed by atoms with Crippen molar-refractivity contribution < 1.29 is 19.5 Å². The number of nitrogen functional groups attached to an aromatic ring is 1. The minimum atomic E-state index is -0.303. The minimum absolute atomic E-state index is 0.0359. The Hall–Kier alpha value is -4.77. The molecule has 9 rings (SSSR count). The minimum Gasteiger partial charge on any atom is -0.393 e. The standard InChI is InChI=1S/C29H42N6S.C8H8N4O.C6H12O.C4H7NO2/c1-21(2)28-20-33(22(3)23-10-9-11-25(18-23)36-34-14-7-6-8-15-34)16-17-35(28)24-12-13-26-27(19-24)32(5)31-29(26)30-4;9-7-10-3-4-5(12-7)11-6(13)8(4)1-2-8;7-6-4-2-1-3-5-6;6-3-1-2-5-4-7/h9-13,18-19,21-22,28H,6-8,14-17,20H2,1-5H3,(H,30,31);3H,1-2H2,(H3,9,10,11,12,13);6-7H,1-5H2;3-4H,1-2H2,(H,5,7). The van der Waals surface area contributed by atoms with Crippen molar-refractivity contribution in [3.63, 3.8) is 0 Å². The fraction of sp³-hybridized carbons (Fsp3) is 0.574. The van der Waals surface area contributed by atoms with Crippen molar-refractivity contribution in [1.82, 2.24) is 34.3 Å². The Labute approximate surface area is 377 Å². The number of aliphatic hydroxyl groups is 1. The number of aryl methyl sites for hydroxylation is 1. The van der Waals surface area contributed by atoms with Crippen LogP contribution in [0.25, 0.3) is 10.9 Å². The third kappa shape index (κ3) is 12.3. The van der Waals surface area contributed by atoms with Gasteiger partial charge in [0.25, 0.3) is 0 Å². The quantitative estimate of drug-likeness (QED) is 0.0610. The highest BCUT2D eigenvalue weighted by atomic mass is 32.2. The van der Waals surface area contributed by atoms with Crippen LogP contribution in [0.15, 0.2) is 53.6 Å². The van der Waals surface area contributed by atoms with Crippen molar-refractivity contribution in [2.24, 2.45) is 13.0 Å². The lowest BCUT2D eigenvalue weighted by Crippen LogP contribution is -2.55. The highest BCUT2D eigenvalue weighted by Crippen LogP contribution is 2.54. The Bertz CT molecular complexity index is 2110. The van der Waals surface area contributed by atoms with Gasteiger partial charge in [-0.2, -0.15) is 10.1 Å². The Morgan fingerprint density at radius 2 is 1.75 bits per heavy atom. The second-order valence-electron chi connectivity index (χ2n) is 17.6. The maximum absolute atomic E-state index is 11.5. The average Bonchev–Trinajstić information content (AvgIpc) is 3.98. The molecule has 2 aromatic heterocycles. The van der Waals surface area contributed by atoms with Crippen molar-refractivity contribution >= 4 is 64.7 Å². The molecule has 15 nitrogen and oxygen atoms in total. The molecule has 342 valence electrons. The first-order chi connectivity index (χ1) is 30.5. The van der Waals surface area contributed by atoms with Gasteiger partial charge in [0.2, 0.25) is 18.3 Å². The number of fused-ring (bicyclic) bond motifs is 3. The molecule has 4 aromatic rings. The number of piperidine rings is 1. The number of benzene rings is 2. The number of hydrogen-bond donors (Lipinski definition) is 5. The molecule has 1 spiro atoms. The number of nitrogens with two attached hydrogens (primary N) is 1. The third-order valence-corrected chi connectivity index (χ3v) is 14.0. The largest absolute Gasteiger partial charge is 0.393 e. The molecule has 2 unspecified atom stereocenters. The molecule has 5 heterocycles. The zero-order valence-corrected chi connectivity index (χ0v) is 38.7. The fourth-order valence-corrected chi connectivity index (χ4v) is 9.99. The van der Waals surface area contributed by atoms with Gasteiger partial charge < -0.3 is 36.5 Å². The molecule has 2 amide bonds. The molecule has 6 N–H and O–H groups in total. The van der Waals surface area contributed by atoms with Gasteiger partial charge in [0.05, 0.1) is 17.0 Å². The van der Waals surface area contributed by atoms with Gasteiger partial charge in [-0.3, -0.25) is 19.2 Å². The van der Waals surface area contributed by atoms with Gasteiger partial charge in [-0.25, -0.2) is 9.29 Å². The highest BCUT2D eigenvalue weighted by molar-refractivity contribution is 7.97. The summed E-state index contributed by atoms with van der Waals surface area (Å²) >= 11 is 1.95. The van der Waals surface area contributed by atoms with E-state index in [1.807, 2.05) is 30.7 Å². The Kier molecular flexibility index (Phi) is 17.2. The Balaban J connectivity index is 0.000000196. The number of carbonyl (C=O) groups excluding carboxylic acids is 3. The number of nitrogens with zero attached hydrogens (tertiary/aromatic N) is 7. The number of aromatic nitrogens is 4. The number of hydrogen-bond acceptors (Lipinski definition) is 13. The lowest BCUT2D eigenvalue weighted by molar-refractivity contribution is -0.118. The van der Waals surface area contributed by atoms with E-state index in [0.29, 0.717) is 43.2 Å². The van der Waals surface area contributed by atoms with Gasteiger partial charge in [0, 0.05) is 99.6 Å². The van der Waals surface area contributed by atoms with Gasteiger partial charge >= 0.3 is 0 Å². The molecule has 2 saturated heterocycles. The summed E-state index contributed by atoms with van der Waals surface area (Å²) in [5.74, 6) is 2.35. The van der Waals surface area contributed by atoms with Crippen molar-refractivity contribution in [3.8, 4) is 0 Å². The predicted octanol–water partition coefficient (Wildman–Crippen LogP) is 6.69. The fourth-order valence-electron chi connectivity index (χ4n) is 8.93. The molecule has 2 saturated carbocycles. The number of carbonyl (C=O) groups is 3. The van der Waals surface area contributed by atoms with Gasteiger partial charge in [0.15, 0.2) is 5.82 Å². The maximum atomic E-state index is 11.5. The smallest absolute Gasteiger partial charge is 0.236 e. The molecule has 63 heavy (non-hydrogen) atoms. The van der Waals surface area contributed by atoms with Crippen molar-refractivity contribution in [2.45, 2.75) is 120 Å². The summed E-state index contributed by atoms with van der Waals surface area (Å²) in [6, 6.07) is 17.0. The zero-order valence-electron chi connectivity index (χ0n) is 37.9. The molecule has 3 aliphatic heterocycles.